The molecule has 6 heteroatoms. The minimum Gasteiger partial charge on any atom is -0.336 e. The van der Waals surface area contributed by atoms with Gasteiger partial charge in [0, 0.05) is 38.5 Å². The standard InChI is InChI=1S/C21H24F2N2O2/c1-15(2)25(14-17-7-5-4-6-8-17)21(27)11-12-24(16(3)26)20-10-9-18(22)13-19(20)23/h4-10,13,15H,11-12,14H2,1-3H3. The number of halogens is 2. The molecule has 0 aromatic heterocycles. The Morgan fingerprint density at radius 2 is 1.70 bits per heavy atom. The zero-order chi connectivity index (χ0) is 20.0. The van der Waals surface area contributed by atoms with Gasteiger partial charge >= 0.3 is 0 Å². The van der Waals surface area contributed by atoms with E-state index in [2.05, 4.69) is 0 Å². The number of amides is 2. The second-order valence-electron chi connectivity index (χ2n) is 6.62. The second kappa shape index (κ2) is 9.26. The lowest BCUT2D eigenvalue weighted by Crippen LogP contribution is -2.39. The average Bonchev–Trinajstić information content (AvgIpc) is 2.61. The predicted octanol–water partition coefficient (Wildman–Crippen LogP) is 4.15. The maximum absolute atomic E-state index is 14.0. The third-order valence-corrected chi connectivity index (χ3v) is 4.27. The number of carbonyl (C=O) groups excluding carboxylic acids is 2. The molecule has 0 heterocycles. The summed E-state index contributed by atoms with van der Waals surface area (Å²) in [6, 6.07) is 12.6. The molecule has 0 saturated carbocycles. The number of rotatable bonds is 7. The molecule has 0 spiro atoms. The molecule has 2 rings (SSSR count). The lowest BCUT2D eigenvalue weighted by Gasteiger charge is -2.28. The first-order valence-corrected chi connectivity index (χ1v) is 8.86. The molecule has 0 aliphatic rings. The van der Waals surface area contributed by atoms with Crippen LogP contribution in [0.1, 0.15) is 32.8 Å². The molecule has 0 N–H and O–H groups in total. The first-order valence-electron chi connectivity index (χ1n) is 8.86. The summed E-state index contributed by atoms with van der Waals surface area (Å²) in [5, 5.41) is 0. The van der Waals surface area contributed by atoms with Gasteiger partial charge in [0.1, 0.15) is 11.6 Å². The van der Waals surface area contributed by atoms with Crippen molar-refractivity contribution in [1.29, 1.82) is 0 Å². The first-order chi connectivity index (χ1) is 12.8. The minimum absolute atomic E-state index is 0.0222. The summed E-state index contributed by atoms with van der Waals surface area (Å²) in [7, 11) is 0. The van der Waals surface area contributed by atoms with Crippen LogP contribution in [0.4, 0.5) is 14.5 Å². The molecule has 0 saturated heterocycles. The van der Waals surface area contributed by atoms with Gasteiger partial charge in [-0.25, -0.2) is 8.78 Å². The molecule has 0 unspecified atom stereocenters. The molecular weight excluding hydrogens is 350 g/mol. The van der Waals surface area contributed by atoms with E-state index < -0.39 is 17.5 Å². The van der Waals surface area contributed by atoms with Gasteiger partial charge in [-0.2, -0.15) is 0 Å². The SMILES string of the molecule is CC(=O)N(CCC(=O)N(Cc1ccccc1)C(C)C)c1ccc(F)cc1F. The van der Waals surface area contributed by atoms with Crippen LogP contribution in [0.15, 0.2) is 48.5 Å². The van der Waals surface area contributed by atoms with Crippen LogP contribution in [0.3, 0.4) is 0 Å². The van der Waals surface area contributed by atoms with Crippen LogP contribution < -0.4 is 4.90 Å². The van der Waals surface area contributed by atoms with Crippen molar-refractivity contribution in [3.05, 3.63) is 65.7 Å². The van der Waals surface area contributed by atoms with Crippen LogP contribution in [0.5, 0.6) is 0 Å². The summed E-state index contributed by atoms with van der Waals surface area (Å²) < 4.78 is 27.2. The highest BCUT2D eigenvalue weighted by molar-refractivity contribution is 5.92. The first kappa shape index (κ1) is 20.6. The van der Waals surface area contributed by atoms with E-state index in [1.165, 1.54) is 13.0 Å². The molecule has 4 nitrogen and oxygen atoms in total. The van der Waals surface area contributed by atoms with Gasteiger partial charge in [0.15, 0.2) is 0 Å². The Morgan fingerprint density at radius 3 is 2.26 bits per heavy atom. The number of hydrogen-bond acceptors (Lipinski definition) is 2. The van der Waals surface area contributed by atoms with Gasteiger partial charge < -0.3 is 9.80 Å². The van der Waals surface area contributed by atoms with Gasteiger partial charge in [-0.15, -0.1) is 0 Å². The molecule has 2 amide bonds. The van der Waals surface area contributed by atoms with Crippen LogP contribution in [0, 0.1) is 11.6 Å². The Labute approximate surface area is 158 Å². The van der Waals surface area contributed by atoms with Gasteiger partial charge in [-0.05, 0) is 31.5 Å². The van der Waals surface area contributed by atoms with Crippen molar-refractivity contribution in [2.24, 2.45) is 0 Å². The molecule has 0 aliphatic heterocycles. The van der Waals surface area contributed by atoms with Crippen LogP contribution in [-0.4, -0.2) is 29.3 Å². The maximum atomic E-state index is 14.0. The highest BCUT2D eigenvalue weighted by Gasteiger charge is 2.21. The van der Waals surface area contributed by atoms with E-state index in [0.29, 0.717) is 6.54 Å². The van der Waals surface area contributed by atoms with E-state index in [1.807, 2.05) is 44.2 Å². The van der Waals surface area contributed by atoms with Crippen LogP contribution >= 0.6 is 0 Å². The highest BCUT2D eigenvalue weighted by Crippen LogP contribution is 2.21. The van der Waals surface area contributed by atoms with E-state index in [-0.39, 0.29) is 30.6 Å². The largest absolute Gasteiger partial charge is 0.336 e. The fourth-order valence-electron chi connectivity index (χ4n) is 2.84. The molecule has 2 aromatic carbocycles. The molecule has 0 radical (unpaired) electrons. The van der Waals surface area contributed by atoms with Crippen molar-refractivity contribution in [1.82, 2.24) is 4.90 Å². The quantitative estimate of drug-likeness (QED) is 0.731. The Morgan fingerprint density at radius 1 is 1.04 bits per heavy atom. The third-order valence-electron chi connectivity index (χ3n) is 4.27. The van der Waals surface area contributed by atoms with Gasteiger partial charge in [0.05, 0.1) is 5.69 Å². The van der Waals surface area contributed by atoms with E-state index in [9.17, 15) is 18.4 Å². The van der Waals surface area contributed by atoms with E-state index in [0.717, 1.165) is 22.6 Å². The molecule has 144 valence electrons. The Bertz CT molecular complexity index is 794. The lowest BCUT2D eigenvalue weighted by molar-refractivity contribution is -0.133. The Hall–Kier alpha value is -2.76. The van der Waals surface area contributed by atoms with Gasteiger partial charge in [0.25, 0.3) is 0 Å². The molecule has 0 bridgehead atoms. The summed E-state index contributed by atoms with van der Waals surface area (Å²) in [6.07, 6.45) is 0.0431. The van der Waals surface area contributed by atoms with E-state index >= 15 is 0 Å². The van der Waals surface area contributed by atoms with Crippen LogP contribution in [0.25, 0.3) is 0 Å². The fraction of sp³-hybridized carbons (Fsp3) is 0.333. The van der Waals surface area contributed by atoms with Gasteiger partial charge in [0.2, 0.25) is 11.8 Å². The molecule has 0 atom stereocenters. The summed E-state index contributed by atoms with van der Waals surface area (Å²) in [4.78, 5) is 27.5. The third kappa shape index (κ3) is 5.61. The van der Waals surface area contributed by atoms with E-state index in [1.54, 1.807) is 4.90 Å². The normalized spacial score (nSPS) is 10.7. The molecule has 0 aliphatic carbocycles. The van der Waals surface area contributed by atoms with Gasteiger partial charge in [-0.3, -0.25) is 9.59 Å². The summed E-state index contributed by atoms with van der Waals surface area (Å²) in [6.45, 7) is 5.61. The summed E-state index contributed by atoms with van der Waals surface area (Å²) >= 11 is 0. The highest BCUT2D eigenvalue weighted by atomic mass is 19.1. The van der Waals surface area contributed by atoms with Crippen LogP contribution in [0.2, 0.25) is 0 Å². The monoisotopic (exact) mass is 374 g/mol. The maximum Gasteiger partial charge on any atom is 0.224 e. The van der Waals surface area contributed by atoms with Crippen molar-refractivity contribution >= 4 is 17.5 Å². The Balaban J connectivity index is 2.10. The van der Waals surface area contributed by atoms with Crippen molar-refractivity contribution in [3.63, 3.8) is 0 Å². The number of anilines is 1. The minimum atomic E-state index is -0.831. The molecule has 0 fully saturated rings. The summed E-state index contributed by atoms with van der Waals surface area (Å²) in [5.41, 5.74) is 0.975. The zero-order valence-corrected chi connectivity index (χ0v) is 15.8. The van der Waals surface area contributed by atoms with Crippen molar-refractivity contribution in [2.45, 2.75) is 39.8 Å². The van der Waals surface area contributed by atoms with Crippen molar-refractivity contribution in [2.75, 3.05) is 11.4 Å². The predicted molar refractivity (Wildman–Crippen MR) is 101 cm³/mol. The number of carbonyl (C=O) groups is 2. The number of nitrogens with zero attached hydrogens (tertiary/aromatic N) is 2. The number of hydrogen-bond donors (Lipinski definition) is 0. The molecule has 27 heavy (non-hydrogen) atoms. The van der Waals surface area contributed by atoms with Gasteiger partial charge in [-0.1, -0.05) is 30.3 Å². The van der Waals surface area contributed by atoms with Crippen molar-refractivity contribution in [3.8, 4) is 0 Å². The van der Waals surface area contributed by atoms with Crippen LogP contribution in [-0.2, 0) is 16.1 Å². The molecular formula is C21H24F2N2O2. The van der Waals surface area contributed by atoms with Crippen molar-refractivity contribution < 1.29 is 18.4 Å². The number of benzene rings is 2. The molecule has 2 aromatic rings. The second-order valence-corrected chi connectivity index (χ2v) is 6.62. The summed E-state index contributed by atoms with van der Waals surface area (Å²) in [5.74, 6) is -2.09. The smallest absolute Gasteiger partial charge is 0.224 e. The topological polar surface area (TPSA) is 40.6 Å². The lowest BCUT2D eigenvalue weighted by atomic mass is 10.1. The Kier molecular flexibility index (Phi) is 7.05. The van der Waals surface area contributed by atoms with E-state index in [4.69, 9.17) is 0 Å². The average molecular weight is 374 g/mol. The zero-order valence-electron chi connectivity index (χ0n) is 15.8. The fourth-order valence-corrected chi connectivity index (χ4v) is 2.84.